The third-order valence-corrected chi connectivity index (χ3v) is 5.36. The molecule has 0 rings (SSSR count). The summed E-state index contributed by atoms with van der Waals surface area (Å²) in [6.07, 6.45) is 22.7. The van der Waals surface area contributed by atoms with Crippen LogP contribution in [-0.4, -0.2) is 25.2 Å². The summed E-state index contributed by atoms with van der Waals surface area (Å²) < 4.78 is 10.3. The van der Waals surface area contributed by atoms with Crippen molar-refractivity contribution in [2.45, 2.75) is 130 Å². The van der Waals surface area contributed by atoms with Crippen molar-refractivity contribution in [3.8, 4) is 0 Å². The van der Waals surface area contributed by atoms with Crippen molar-refractivity contribution in [3.05, 3.63) is 12.2 Å². The molecular formula is C28H52O4. The molecule has 0 unspecified atom stereocenters. The zero-order chi connectivity index (χ0) is 23.9. The summed E-state index contributed by atoms with van der Waals surface area (Å²) in [6, 6.07) is 0. The number of hydrogen-bond acceptors (Lipinski definition) is 4. The van der Waals surface area contributed by atoms with Gasteiger partial charge in [-0.05, 0) is 31.1 Å². The molecule has 0 amide bonds. The third-order valence-electron chi connectivity index (χ3n) is 5.36. The van der Waals surface area contributed by atoms with Gasteiger partial charge in [-0.2, -0.15) is 0 Å². The lowest BCUT2D eigenvalue weighted by Crippen LogP contribution is -2.09. The van der Waals surface area contributed by atoms with Crippen LogP contribution in [0.25, 0.3) is 0 Å². The molecule has 0 aromatic rings. The van der Waals surface area contributed by atoms with E-state index in [1.54, 1.807) is 0 Å². The third kappa shape index (κ3) is 24.9. The number of esters is 2. The first kappa shape index (κ1) is 30.7. The molecule has 0 aromatic carbocycles. The molecule has 0 heterocycles. The van der Waals surface area contributed by atoms with Crippen molar-refractivity contribution in [2.24, 2.45) is 11.8 Å². The van der Waals surface area contributed by atoms with Crippen LogP contribution in [-0.2, 0) is 19.1 Å². The molecule has 188 valence electrons. The first-order chi connectivity index (χ1) is 15.4. The number of rotatable bonds is 22. The number of ether oxygens (including phenoxy) is 2. The second-order valence-electron chi connectivity index (χ2n) is 9.96. The van der Waals surface area contributed by atoms with E-state index in [4.69, 9.17) is 9.47 Å². The lowest BCUT2D eigenvalue weighted by molar-refractivity contribution is -0.145. The Bertz CT molecular complexity index is 468. The summed E-state index contributed by atoms with van der Waals surface area (Å²) in [5.74, 6) is 0.672. The minimum absolute atomic E-state index is 0.0331. The van der Waals surface area contributed by atoms with Crippen LogP contribution in [0.2, 0.25) is 0 Å². The minimum atomic E-state index is -0.117. The molecule has 4 nitrogen and oxygen atoms in total. The highest BCUT2D eigenvalue weighted by Crippen LogP contribution is 2.14. The van der Waals surface area contributed by atoms with Crippen LogP contribution in [0.3, 0.4) is 0 Å². The summed E-state index contributed by atoms with van der Waals surface area (Å²) in [7, 11) is 0. The summed E-state index contributed by atoms with van der Waals surface area (Å²) in [6.45, 7) is 9.28. The summed E-state index contributed by atoms with van der Waals surface area (Å²) >= 11 is 0. The maximum atomic E-state index is 11.5. The molecular weight excluding hydrogens is 400 g/mol. The fourth-order valence-electron chi connectivity index (χ4n) is 3.42. The average Bonchev–Trinajstić information content (AvgIpc) is 2.75. The Hall–Kier alpha value is -1.32. The number of carbonyl (C=O) groups is 2. The van der Waals surface area contributed by atoms with E-state index in [-0.39, 0.29) is 11.9 Å². The van der Waals surface area contributed by atoms with Gasteiger partial charge in [-0.3, -0.25) is 9.59 Å². The second-order valence-corrected chi connectivity index (χ2v) is 9.96. The Morgan fingerprint density at radius 2 is 0.969 bits per heavy atom. The number of carbonyl (C=O) groups excluding carboxylic acids is 2. The monoisotopic (exact) mass is 452 g/mol. The fourth-order valence-corrected chi connectivity index (χ4v) is 3.42. The van der Waals surface area contributed by atoms with Crippen LogP contribution in [0.5, 0.6) is 0 Å². The van der Waals surface area contributed by atoms with E-state index in [0.29, 0.717) is 37.9 Å². The van der Waals surface area contributed by atoms with Gasteiger partial charge in [0.15, 0.2) is 0 Å². The lowest BCUT2D eigenvalue weighted by atomic mass is 10.0. The maximum absolute atomic E-state index is 11.5. The number of hydrogen-bond donors (Lipinski definition) is 0. The van der Waals surface area contributed by atoms with Crippen molar-refractivity contribution in [2.75, 3.05) is 13.2 Å². The maximum Gasteiger partial charge on any atom is 0.309 e. The van der Waals surface area contributed by atoms with E-state index in [1.807, 2.05) is 19.9 Å². The van der Waals surface area contributed by atoms with Gasteiger partial charge in [0, 0.05) is 6.42 Å². The van der Waals surface area contributed by atoms with Crippen molar-refractivity contribution in [3.63, 3.8) is 0 Å². The highest BCUT2D eigenvalue weighted by atomic mass is 16.5. The van der Waals surface area contributed by atoms with E-state index >= 15 is 0 Å². The highest BCUT2D eigenvalue weighted by Gasteiger charge is 2.04. The highest BCUT2D eigenvalue weighted by molar-refractivity contribution is 5.71. The molecule has 0 aliphatic carbocycles. The average molecular weight is 453 g/mol. The SMILES string of the molecule is CC(C)COC(=O)C/C=C/CCCCCCCCCCCCCCCC(=O)OCC(C)C. The van der Waals surface area contributed by atoms with Crippen molar-refractivity contribution >= 4 is 11.9 Å². The van der Waals surface area contributed by atoms with Gasteiger partial charge in [0.05, 0.1) is 19.6 Å². The first-order valence-electron chi connectivity index (χ1n) is 13.4. The summed E-state index contributed by atoms with van der Waals surface area (Å²) in [5, 5.41) is 0. The van der Waals surface area contributed by atoms with Crippen LogP contribution in [0, 0.1) is 11.8 Å². The van der Waals surface area contributed by atoms with Gasteiger partial charge >= 0.3 is 11.9 Å². The summed E-state index contributed by atoms with van der Waals surface area (Å²) in [5.41, 5.74) is 0. The smallest absolute Gasteiger partial charge is 0.309 e. The van der Waals surface area contributed by atoms with E-state index < -0.39 is 0 Å². The molecule has 0 saturated heterocycles. The Labute approximate surface area is 198 Å². The van der Waals surface area contributed by atoms with Crippen LogP contribution in [0.4, 0.5) is 0 Å². The van der Waals surface area contributed by atoms with Gasteiger partial charge in [0.1, 0.15) is 0 Å². The normalized spacial score (nSPS) is 11.6. The molecule has 0 spiro atoms. The zero-order valence-electron chi connectivity index (χ0n) is 21.7. The molecule has 0 aromatic heterocycles. The Morgan fingerprint density at radius 3 is 1.44 bits per heavy atom. The lowest BCUT2D eigenvalue weighted by Gasteiger charge is -2.07. The Morgan fingerprint density at radius 1 is 0.562 bits per heavy atom. The fraction of sp³-hybridized carbons (Fsp3) is 0.857. The minimum Gasteiger partial charge on any atom is -0.465 e. The zero-order valence-corrected chi connectivity index (χ0v) is 21.7. The number of allylic oxidation sites excluding steroid dienone is 1. The van der Waals surface area contributed by atoms with Gasteiger partial charge in [-0.15, -0.1) is 0 Å². The van der Waals surface area contributed by atoms with Gasteiger partial charge in [0.2, 0.25) is 0 Å². The first-order valence-corrected chi connectivity index (χ1v) is 13.4. The van der Waals surface area contributed by atoms with E-state index in [9.17, 15) is 9.59 Å². The standard InChI is InChI=1S/C28H52O4/c1-25(2)23-31-27(29)21-19-17-15-13-11-9-7-5-6-8-10-12-14-16-18-20-22-28(30)32-24-26(3)4/h17,19,25-26H,5-16,18,20-24H2,1-4H3/b19-17+. The molecule has 0 N–H and O–H groups in total. The van der Waals surface area contributed by atoms with Gasteiger partial charge in [-0.25, -0.2) is 0 Å². The molecule has 0 atom stereocenters. The molecule has 0 bridgehead atoms. The van der Waals surface area contributed by atoms with E-state index in [1.165, 1.54) is 70.6 Å². The summed E-state index contributed by atoms with van der Waals surface area (Å²) in [4.78, 5) is 23.0. The topological polar surface area (TPSA) is 52.6 Å². The number of unbranched alkanes of at least 4 members (excludes halogenated alkanes) is 13. The Balaban J connectivity index is 3.23. The van der Waals surface area contributed by atoms with Gasteiger partial charge in [-0.1, -0.05) is 110 Å². The predicted molar refractivity (Wildman–Crippen MR) is 135 cm³/mol. The predicted octanol–water partition coefficient (Wildman–Crippen LogP) is 8.18. The second kappa shape index (κ2) is 22.9. The Kier molecular flexibility index (Phi) is 21.9. The van der Waals surface area contributed by atoms with E-state index in [2.05, 4.69) is 19.9 Å². The van der Waals surface area contributed by atoms with Gasteiger partial charge in [0.25, 0.3) is 0 Å². The van der Waals surface area contributed by atoms with Crippen LogP contribution in [0.1, 0.15) is 130 Å². The molecule has 0 aliphatic heterocycles. The van der Waals surface area contributed by atoms with Crippen molar-refractivity contribution in [1.29, 1.82) is 0 Å². The molecule has 0 aliphatic rings. The van der Waals surface area contributed by atoms with E-state index in [0.717, 1.165) is 19.3 Å². The quantitative estimate of drug-likeness (QED) is 0.0943. The largest absolute Gasteiger partial charge is 0.465 e. The van der Waals surface area contributed by atoms with Crippen LogP contribution in [0.15, 0.2) is 12.2 Å². The molecule has 0 fully saturated rings. The van der Waals surface area contributed by atoms with Gasteiger partial charge < -0.3 is 9.47 Å². The molecule has 4 heteroatoms. The van der Waals surface area contributed by atoms with Crippen LogP contribution < -0.4 is 0 Å². The van der Waals surface area contributed by atoms with Crippen molar-refractivity contribution in [1.82, 2.24) is 0 Å². The van der Waals surface area contributed by atoms with Crippen molar-refractivity contribution < 1.29 is 19.1 Å². The molecule has 0 saturated carbocycles. The molecule has 32 heavy (non-hydrogen) atoms. The molecule has 0 radical (unpaired) electrons. The van der Waals surface area contributed by atoms with Crippen LogP contribution >= 0.6 is 0 Å².